The Morgan fingerprint density at radius 2 is 2.14 bits per heavy atom. The van der Waals surface area contributed by atoms with Gasteiger partial charge in [0.1, 0.15) is 5.56 Å². The van der Waals surface area contributed by atoms with E-state index in [0.717, 1.165) is 6.21 Å². The monoisotopic (exact) mass is 319 g/mol. The predicted octanol–water partition coefficient (Wildman–Crippen LogP) is 2.07. The normalized spacial score (nSPS) is 10.8. The number of nitrogens with one attached hydrogen (secondary N) is 2. The van der Waals surface area contributed by atoms with Crippen LogP contribution in [-0.4, -0.2) is 33.9 Å². The molecule has 2 aromatic rings. The Labute approximate surface area is 130 Å². The van der Waals surface area contributed by atoms with Gasteiger partial charge in [-0.15, -0.1) is 0 Å². The van der Waals surface area contributed by atoms with Crippen LogP contribution in [0.3, 0.4) is 0 Å². The SMILES string of the molecule is CCOC(=O)c1ccccc1N=Cc1c(O)[nH]c(=S)[nH]c1=O. The Morgan fingerprint density at radius 1 is 1.41 bits per heavy atom. The van der Waals surface area contributed by atoms with Crippen molar-refractivity contribution in [2.24, 2.45) is 4.99 Å². The first-order valence-electron chi connectivity index (χ1n) is 6.38. The lowest BCUT2D eigenvalue weighted by atomic mass is 10.2. The Hall–Kier alpha value is -2.74. The highest BCUT2D eigenvalue weighted by Crippen LogP contribution is 2.20. The molecule has 0 saturated carbocycles. The number of benzene rings is 1. The van der Waals surface area contributed by atoms with Gasteiger partial charge in [0.05, 0.1) is 17.9 Å². The van der Waals surface area contributed by atoms with Gasteiger partial charge in [-0.1, -0.05) is 12.1 Å². The van der Waals surface area contributed by atoms with E-state index in [-0.39, 0.29) is 22.5 Å². The molecule has 0 spiro atoms. The van der Waals surface area contributed by atoms with Crippen molar-refractivity contribution in [1.82, 2.24) is 9.97 Å². The topological polar surface area (TPSA) is 108 Å². The maximum Gasteiger partial charge on any atom is 0.340 e. The van der Waals surface area contributed by atoms with Gasteiger partial charge in [-0.2, -0.15) is 0 Å². The van der Waals surface area contributed by atoms with Crippen molar-refractivity contribution in [3.63, 3.8) is 0 Å². The standard InChI is InChI=1S/C14H13N3O4S/c1-2-21-13(20)8-5-3-4-6-10(8)15-7-9-11(18)16-14(22)17-12(9)19/h3-7H,2H2,1H3,(H3,16,17,18,19,22). The molecule has 0 aliphatic heterocycles. The van der Waals surface area contributed by atoms with E-state index < -0.39 is 17.4 Å². The number of ether oxygens (including phenoxy) is 1. The lowest BCUT2D eigenvalue weighted by Crippen LogP contribution is -2.13. The number of aliphatic imine (C=N–C) groups is 1. The summed E-state index contributed by atoms with van der Waals surface area (Å²) in [4.78, 5) is 32.4. The summed E-state index contributed by atoms with van der Waals surface area (Å²) in [5, 5.41) is 9.69. The minimum Gasteiger partial charge on any atom is -0.494 e. The third-order valence-electron chi connectivity index (χ3n) is 2.69. The van der Waals surface area contributed by atoms with E-state index in [1.54, 1.807) is 31.2 Å². The zero-order valence-electron chi connectivity index (χ0n) is 11.6. The van der Waals surface area contributed by atoms with Gasteiger partial charge in [-0.3, -0.25) is 14.8 Å². The second-order valence-electron chi connectivity index (χ2n) is 4.17. The first kappa shape index (κ1) is 15.6. The van der Waals surface area contributed by atoms with Crippen molar-refractivity contribution >= 4 is 30.1 Å². The van der Waals surface area contributed by atoms with Crippen LogP contribution in [0.2, 0.25) is 0 Å². The van der Waals surface area contributed by atoms with E-state index >= 15 is 0 Å². The maximum atomic E-state index is 11.8. The van der Waals surface area contributed by atoms with Gasteiger partial charge in [0.25, 0.3) is 5.56 Å². The van der Waals surface area contributed by atoms with Crippen LogP contribution in [0.4, 0.5) is 5.69 Å². The van der Waals surface area contributed by atoms with Gasteiger partial charge in [0.2, 0.25) is 5.88 Å². The average Bonchev–Trinajstić information content (AvgIpc) is 2.46. The highest BCUT2D eigenvalue weighted by atomic mass is 32.1. The van der Waals surface area contributed by atoms with Crippen molar-refractivity contribution in [3.05, 3.63) is 50.5 Å². The smallest absolute Gasteiger partial charge is 0.340 e. The fourth-order valence-corrected chi connectivity index (χ4v) is 1.90. The van der Waals surface area contributed by atoms with E-state index in [4.69, 9.17) is 17.0 Å². The fraction of sp³-hybridized carbons (Fsp3) is 0.143. The molecule has 0 aliphatic rings. The third-order valence-corrected chi connectivity index (χ3v) is 2.89. The van der Waals surface area contributed by atoms with Crippen LogP contribution < -0.4 is 5.56 Å². The number of aromatic hydroxyl groups is 1. The molecule has 0 atom stereocenters. The third kappa shape index (κ3) is 3.47. The predicted molar refractivity (Wildman–Crippen MR) is 83.6 cm³/mol. The lowest BCUT2D eigenvalue weighted by Gasteiger charge is -2.04. The number of hydrogen-bond acceptors (Lipinski definition) is 6. The molecule has 2 rings (SSSR count). The molecule has 1 aromatic carbocycles. The molecule has 0 fully saturated rings. The Bertz CT molecular complexity index is 838. The summed E-state index contributed by atoms with van der Waals surface area (Å²) in [5.41, 5.74) is -0.0894. The molecule has 0 aliphatic carbocycles. The average molecular weight is 319 g/mol. The molecule has 8 heteroatoms. The second-order valence-corrected chi connectivity index (χ2v) is 4.57. The van der Waals surface area contributed by atoms with Crippen LogP contribution in [0.5, 0.6) is 5.88 Å². The summed E-state index contributed by atoms with van der Waals surface area (Å²) in [7, 11) is 0. The van der Waals surface area contributed by atoms with Crippen LogP contribution in [0.25, 0.3) is 0 Å². The van der Waals surface area contributed by atoms with E-state index in [1.165, 1.54) is 0 Å². The van der Waals surface area contributed by atoms with Crippen molar-refractivity contribution in [1.29, 1.82) is 0 Å². The summed E-state index contributed by atoms with van der Waals surface area (Å²) in [6.45, 7) is 1.94. The number of carbonyl (C=O) groups excluding carboxylic acids is 1. The number of esters is 1. The fourth-order valence-electron chi connectivity index (χ4n) is 1.71. The first-order valence-corrected chi connectivity index (χ1v) is 6.79. The molecule has 0 bridgehead atoms. The number of carbonyl (C=O) groups is 1. The van der Waals surface area contributed by atoms with Gasteiger partial charge in [0, 0.05) is 6.21 Å². The van der Waals surface area contributed by atoms with Gasteiger partial charge in [0.15, 0.2) is 4.77 Å². The summed E-state index contributed by atoms with van der Waals surface area (Å²) in [6.07, 6.45) is 1.15. The zero-order chi connectivity index (χ0) is 16.1. The van der Waals surface area contributed by atoms with E-state index in [9.17, 15) is 14.7 Å². The minimum atomic E-state index is -0.585. The number of para-hydroxylation sites is 1. The van der Waals surface area contributed by atoms with Crippen molar-refractivity contribution < 1.29 is 14.6 Å². The van der Waals surface area contributed by atoms with Gasteiger partial charge < -0.3 is 14.8 Å². The molecular weight excluding hydrogens is 306 g/mol. The van der Waals surface area contributed by atoms with E-state index in [1.807, 2.05) is 0 Å². The highest BCUT2D eigenvalue weighted by molar-refractivity contribution is 7.71. The zero-order valence-corrected chi connectivity index (χ0v) is 12.4. The number of aromatic amines is 2. The van der Waals surface area contributed by atoms with Crippen LogP contribution >= 0.6 is 12.2 Å². The molecular formula is C14H13N3O4S. The Kier molecular flexibility index (Phi) is 4.84. The van der Waals surface area contributed by atoms with Crippen LogP contribution in [-0.2, 0) is 4.74 Å². The van der Waals surface area contributed by atoms with Crippen molar-refractivity contribution in [2.45, 2.75) is 6.92 Å². The molecule has 0 radical (unpaired) electrons. The Morgan fingerprint density at radius 3 is 2.82 bits per heavy atom. The number of rotatable bonds is 4. The molecule has 3 N–H and O–H groups in total. The van der Waals surface area contributed by atoms with Gasteiger partial charge >= 0.3 is 5.97 Å². The number of hydrogen-bond donors (Lipinski definition) is 3. The van der Waals surface area contributed by atoms with Crippen molar-refractivity contribution in [3.8, 4) is 5.88 Å². The Balaban J connectivity index is 2.42. The first-order chi connectivity index (χ1) is 10.5. The minimum absolute atomic E-state index is 0.00609. The second kappa shape index (κ2) is 6.81. The molecule has 22 heavy (non-hydrogen) atoms. The molecule has 114 valence electrons. The van der Waals surface area contributed by atoms with Crippen molar-refractivity contribution in [2.75, 3.05) is 6.61 Å². The summed E-state index contributed by atoms with van der Waals surface area (Å²) < 4.78 is 4.94. The number of H-pyrrole nitrogens is 2. The van der Waals surface area contributed by atoms with Crippen LogP contribution in [0.1, 0.15) is 22.8 Å². The molecule has 0 saturated heterocycles. The number of nitrogens with zero attached hydrogens (tertiary/aromatic N) is 1. The quantitative estimate of drug-likeness (QED) is 0.454. The summed E-state index contributed by atoms with van der Waals surface area (Å²) in [6, 6.07) is 6.53. The maximum absolute atomic E-state index is 11.8. The van der Waals surface area contributed by atoms with E-state index in [0.29, 0.717) is 5.69 Å². The van der Waals surface area contributed by atoms with Gasteiger partial charge in [-0.25, -0.2) is 4.79 Å². The highest BCUT2D eigenvalue weighted by Gasteiger charge is 2.11. The molecule has 1 aromatic heterocycles. The lowest BCUT2D eigenvalue weighted by molar-refractivity contribution is 0.0527. The largest absolute Gasteiger partial charge is 0.494 e. The number of aromatic nitrogens is 2. The van der Waals surface area contributed by atoms with Crippen LogP contribution in [0.15, 0.2) is 34.1 Å². The molecule has 1 heterocycles. The summed E-state index contributed by atoms with van der Waals surface area (Å²) >= 11 is 4.73. The summed E-state index contributed by atoms with van der Waals surface area (Å²) in [5.74, 6) is -0.910. The van der Waals surface area contributed by atoms with Crippen LogP contribution in [0, 0.1) is 4.77 Å². The molecule has 0 unspecified atom stereocenters. The van der Waals surface area contributed by atoms with E-state index in [2.05, 4.69) is 15.0 Å². The molecule has 0 amide bonds. The van der Waals surface area contributed by atoms with Gasteiger partial charge in [-0.05, 0) is 31.3 Å². The molecule has 7 nitrogen and oxygen atoms in total.